The van der Waals surface area contributed by atoms with E-state index in [0.717, 1.165) is 111 Å². The third kappa shape index (κ3) is 8.40. The minimum absolute atomic E-state index is 0.0401. The van der Waals surface area contributed by atoms with Gasteiger partial charge in [0.05, 0.1) is 77.4 Å². The lowest BCUT2D eigenvalue weighted by Gasteiger charge is -2.45. The van der Waals surface area contributed by atoms with Gasteiger partial charge in [-0.3, -0.25) is 0 Å². The molecule has 0 fully saturated rings. The molecular weight excluding hydrogens is 1180 g/mol. The molecule has 97 heavy (non-hydrogen) atoms. The van der Waals surface area contributed by atoms with Crippen LogP contribution in [0.4, 0.5) is 34.1 Å². The first kappa shape index (κ1) is 42.9. The van der Waals surface area contributed by atoms with E-state index in [1.54, 1.807) is 9.13 Å². The van der Waals surface area contributed by atoms with Crippen molar-refractivity contribution in [2.75, 3.05) is 9.80 Å². The molecule has 0 N–H and O–H groups in total. The average molecular weight is 1270 g/mol. The van der Waals surface area contributed by atoms with Crippen LogP contribution in [0, 0.1) is 0 Å². The van der Waals surface area contributed by atoms with Crippen LogP contribution < -0.4 is 26.2 Å². The van der Waals surface area contributed by atoms with E-state index >= 15 is 0 Å². The van der Waals surface area contributed by atoms with Gasteiger partial charge < -0.3 is 28.1 Å². The van der Waals surface area contributed by atoms with Gasteiger partial charge >= 0.3 is 0 Å². The van der Waals surface area contributed by atoms with E-state index in [-0.39, 0.29) is 54.4 Å². The Kier molecular flexibility index (Phi) is 9.12. The summed E-state index contributed by atoms with van der Waals surface area (Å²) in [5.41, 5.74) is 14.6. The number of benzene rings is 13. The van der Waals surface area contributed by atoms with Crippen LogP contribution in [0.3, 0.4) is 0 Å². The quantitative estimate of drug-likeness (QED) is 0.155. The molecule has 0 aliphatic carbocycles. The van der Waals surface area contributed by atoms with Gasteiger partial charge in [0.25, 0.3) is 6.71 Å². The molecule has 7 heteroatoms. The number of hydrogen-bond donors (Lipinski definition) is 0. The van der Waals surface area contributed by atoms with Gasteiger partial charge in [-0.2, -0.15) is 0 Å². The number of rotatable bonds is 6. The Bertz CT molecular complexity index is 6620. The van der Waals surface area contributed by atoms with E-state index in [1.807, 2.05) is 60.7 Å². The topological polar surface area (TPSA) is 26.2 Å². The Morgan fingerprint density at radius 1 is 0.268 bits per heavy atom. The molecule has 6 nitrogen and oxygen atoms in total. The second-order valence-corrected chi connectivity index (χ2v) is 29.0. The van der Waals surface area contributed by atoms with Crippen molar-refractivity contribution in [2.45, 2.75) is 78.6 Å². The van der Waals surface area contributed by atoms with Crippen molar-refractivity contribution in [3.8, 4) is 22.7 Å². The van der Waals surface area contributed by atoms with E-state index in [4.69, 9.17) is 5.48 Å². The van der Waals surface area contributed by atoms with Gasteiger partial charge in [-0.25, -0.2) is 0 Å². The van der Waals surface area contributed by atoms with Crippen molar-refractivity contribution < 1.29 is 21.9 Å². The normalized spacial score (nSPS) is 15.7. The molecule has 19 rings (SSSR count). The number of nitrogens with zero attached hydrogens (tertiary/aromatic N) is 6. The second-order valence-electron chi connectivity index (χ2n) is 29.0. The molecule has 13 aromatic carbocycles. The van der Waals surface area contributed by atoms with Crippen molar-refractivity contribution in [3.05, 3.63) is 295 Å². The average Bonchev–Trinajstić information content (AvgIpc) is 1.04. The van der Waals surface area contributed by atoms with Gasteiger partial charge in [0.1, 0.15) is 0 Å². The Morgan fingerprint density at radius 3 is 1.01 bits per heavy atom. The van der Waals surface area contributed by atoms with E-state index in [9.17, 15) is 16.4 Å². The number of hydrogen-bond acceptors (Lipinski definition) is 2. The molecule has 2 aliphatic heterocycles. The molecule has 0 spiro atoms. The summed E-state index contributed by atoms with van der Waals surface area (Å²) in [4.78, 5) is 4.61. The molecule has 0 bridgehead atoms. The Morgan fingerprint density at radius 2 is 0.619 bits per heavy atom. The molecule has 17 aromatic rings. The summed E-state index contributed by atoms with van der Waals surface area (Å²) in [7, 11) is 0. The van der Waals surface area contributed by atoms with Gasteiger partial charge in [0, 0.05) is 88.6 Å². The largest absolute Gasteiger partial charge is 0.309 e. The number of aromatic nitrogens is 4. The van der Waals surface area contributed by atoms with E-state index in [0.29, 0.717) is 22.7 Å². The molecule has 6 heterocycles. The summed E-state index contributed by atoms with van der Waals surface area (Å²) < 4.78 is 158. The predicted octanol–water partition coefficient (Wildman–Crippen LogP) is 22.1. The fourth-order valence-electron chi connectivity index (χ4n) is 15.7. The molecule has 466 valence electrons. The first-order valence-corrected chi connectivity index (χ1v) is 33.1. The third-order valence-electron chi connectivity index (χ3n) is 20.3. The lowest BCUT2D eigenvalue weighted by atomic mass is 9.33. The van der Waals surface area contributed by atoms with Crippen molar-refractivity contribution in [1.82, 2.24) is 18.3 Å². The maximum atomic E-state index is 9.80. The highest BCUT2D eigenvalue weighted by Gasteiger charge is 2.46. The highest BCUT2D eigenvalue weighted by Crippen LogP contribution is 2.52. The highest BCUT2D eigenvalue weighted by atomic mass is 15.2. The van der Waals surface area contributed by atoms with Crippen molar-refractivity contribution in [2.24, 2.45) is 0 Å². The van der Waals surface area contributed by atoms with Crippen LogP contribution in [0.25, 0.3) is 110 Å². The zero-order chi connectivity index (χ0) is 79.5. The predicted molar refractivity (Wildman–Crippen MR) is 414 cm³/mol. The molecular formula is C90H73BN6. The molecule has 0 saturated heterocycles. The van der Waals surface area contributed by atoms with E-state index < -0.39 is 109 Å². The van der Waals surface area contributed by atoms with Crippen LogP contribution in [0.5, 0.6) is 0 Å². The van der Waals surface area contributed by atoms with Crippen LogP contribution in [0.15, 0.2) is 279 Å². The third-order valence-corrected chi connectivity index (χ3v) is 20.3. The maximum Gasteiger partial charge on any atom is 0.252 e. The summed E-state index contributed by atoms with van der Waals surface area (Å²) in [5, 5.41) is 3.63. The lowest BCUT2D eigenvalue weighted by Crippen LogP contribution is -2.61. The monoisotopic (exact) mass is 1260 g/mol. The summed E-state index contributed by atoms with van der Waals surface area (Å²) in [5.74, 6) is 0. The highest BCUT2D eigenvalue weighted by molar-refractivity contribution is 7.00. The van der Waals surface area contributed by atoms with Crippen LogP contribution in [-0.2, 0) is 16.2 Å². The fourth-order valence-corrected chi connectivity index (χ4v) is 15.7. The minimum Gasteiger partial charge on any atom is -0.309 e. The SMILES string of the molecule is [2H]c1c([2H])c([2H])c2c(c1[2H])c1c([2H])c([2H])c([2H])c([2H])c1n2-c1ccc2c(c1)N(c1cccc3c4ccccc4n(-c4cccc(C(C)(C)C)c4)c13)c1cc(C(C)(C)C)cc3c1B2c1ccc(-n2c4c([2H])c([2H])c([2H])c([2H])c4c4c([2H])c([2H])c([2H])c([2H])c42)cc1N3c1cccc2c3ccccc3n(-c3cccc(C(C)(C)C)c3)c12. The molecule has 0 unspecified atom stereocenters. The second kappa shape index (κ2) is 20.6. The van der Waals surface area contributed by atoms with Crippen molar-refractivity contribution >= 4 is 144 Å². The summed E-state index contributed by atoms with van der Waals surface area (Å²) >= 11 is 0. The standard InChI is InChI=1S/C90H73BN6/c1-88(2,3)56-26-22-28-59(50-56)94-77-42-20-14-34-67(77)69-36-24-44-79(86(69)94)96-81-54-61(92-73-38-16-10-30-63(73)64-31-11-17-39-74(64)92)46-48-71(81)91-72-49-47-62(93-75-40-18-12-32-65(75)66-33-13-19-41-76(66)93)55-82(72)97(84-53-58(90(7,8)9)52-83(96)85(84)91)80-45-25-37-70-68-35-15-21-43-78(68)95(87(70)80)60-29-23-27-57(51-60)89(4,5)6/h10-55H,1-9H3/i10D,11D,12D,13D,16D,17D,18D,19D,30D,31D,32D,33D,38D,39D,40D,41D. The number of anilines is 6. The molecule has 2 aliphatic rings. The molecule has 0 radical (unpaired) electrons. The Balaban J connectivity index is 1.01. The fraction of sp³-hybridized carbons (Fsp3) is 0.133. The molecule has 0 amide bonds. The molecule has 4 aromatic heterocycles. The lowest BCUT2D eigenvalue weighted by molar-refractivity contribution is 0.589. The van der Waals surface area contributed by atoms with Gasteiger partial charge in [0.15, 0.2) is 0 Å². The Hall–Kier alpha value is -11.3. The van der Waals surface area contributed by atoms with Crippen LogP contribution >= 0.6 is 0 Å². The summed E-state index contributed by atoms with van der Waals surface area (Å²) in [6, 6.07) is 54.9. The zero-order valence-corrected chi connectivity index (χ0v) is 55.1. The van der Waals surface area contributed by atoms with Crippen LogP contribution in [0.1, 0.15) is 101 Å². The van der Waals surface area contributed by atoms with Gasteiger partial charge in [-0.1, -0.05) is 232 Å². The maximum absolute atomic E-state index is 9.80. The van der Waals surface area contributed by atoms with E-state index in [2.05, 4.69) is 203 Å². The summed E-state index contributed by atoms with van der Waals surface area (Å²) in [6.45, 7) is 19.0. The van der Waals surface area contributed by atoms with Crippen LogP contribution in [-0.4, -0.2) is 25.0 Å². The van der Waals surface area contributed by atoms with E-state index in [1.165, 1.54) is 0 Å². The first-order valence-electron chi connectivity index (χ1n) is 41.1. The van der Waals surface area contributed by atoms with Crippen molar-refractivity contribution in [1.29, 1.82) is 0 Å². The molecule has 0 saturated carbocycles. The van der Waals surface area contributed by atoms with Gasteiger partial charge in [-0.05, 0) is 158 Å². The van der Waals surface area contributed by atoms with Gasteiger partial charge in [0.2, 0.25) is 0 Å². The zero-order valence-electron chi connectivity index (χ0n) is 71.1. The van der Waals surface area contributed by atoms with Crippen molar-refractivity contribution in [3.63, 3.8) is 0 Å². The number of fused-ring (bicyclic) bond motifs is 16. The summed E-state index contributed by atoms with van der Waals surface area (Å²) in [6.07, 6.45) is 0. The first-order chi connectivity index (χ1) is 53.7. The number of para-hydroxylation sites is 8. The minimum atomic E-state index is -0.725. The molecule has 0 atom stereocenters. The van der Waals surface area contributed by atoms with Crippen LogP contribution in [0.2, 0.25) is 0 Å². The van der Waals surface area contributed by atoms with Gasteiger partial charge in [-0.15, -0.1) is 0 Å². The Labute approximate surface area is 588 Å². The smallest absolute Gasteiger partial charge is 0.252 e.